The first-order valence-corrected chi connectivity index (χ1v) is 5.30. The summed E-state index contributed by atoms with van der Waals surface area (Å²) in [6, 6.07) is 3.22. The van der Waals surface area contributed by atoms with E-state index in [0.29, 0.717) is 5.41 Å². The molecule has 2 heterocycles. The van der Waals surface area contributed by atoms with Gasteiger partial charge in [-0.05, 0) is 24.0 Å². The van der Waals surface area contributed by atoms with Crippen LogP contribution in [0.3, 0.4) is 0 Å². The zero-order chi connectivity index (χ0) is 11.8. The second-order valence-electron chi connectivity index (χ2n) is 4.92. The van der Waals surface area contributed by atoms with Crippen molar-refractivity contribution in [2.45, 2.75) is 20.3 Å². The average Bonchev–Trinajstić information content (AvgIpc) is 2.59. The van der Waals surface area contributed by atoms with E-state index in [1.165, 1.54) is 6.07 Å². The summed E-state index contributed by atoms with van der Waals surface area (Å²) in [6.45, 7) is 6.32. The van der Waals surface area contributed by atoms with E-state index >= 15 is 0 Å². The number of hydrogen-bond donors (Lipinski definition) is 1. The molecular formula is C11H15N3O2. The van der Waals surface area contributed by atoms with Crippen LogP contribution < -0.4 is 4.90 Å². The summed E-state index contributed by atoms with van der Waals surface area (Å²) >= 11 is 0. The number of rotatable bonds is 2. The highest BCUT2D eigenvalue weighted by molar-refractivity contribution is 5.85. The molecule has 5 heteroatoms. The van der Waals surface area contributed by atoms with Crippen LogP contribution in [0.1, 0.15) is 30.8 Å². The maximum absolute atomic E-state index is 10.6. The number of carboxylic acid groups (broad SMARTS) is 1. The van der Waals surface area contributed by atoms with Crippen LogP contribution in [-0.4, -0.2) is 34.4 Å². The molecule has 0 spiro atoms. The Kier molecular flexibility index (Phi) is 2.53. The Bertz CT molecular complexity index is 400. The topological polar surface area (TPSA) is 66.3 Å². The number of aromatic carboxylic acids is 1. The molecule has 1 saturated heterocycles. The molecule has 1 aromatic rings. The lowest BCUT2D eigenvalue weighted by Gasteiger charge is -2.19. The van der Waals surface area contributed by atoms with Crippen LogP contribution in [0.2, 0.25) is 0 Å². The molecular weight excluding hydrogens is 206 g/mol. The van der Waals surface area contributed by atoms with Crippen LogP contribution in [0.4, 0.5) is 5.82 Å². The van der Waals surface area contributed by atoms with Crippen molar-refractivity contribution in [2.24, 2.45) is 5.41 Å². The summed E-state index contributed by atoms with van der Waals surface area (Å²) in [7, 11) is 0. The lowest BCUT2D eigenvalue weighted by atomic mass is 9.93. The van der Waals surface area contributed by atoms with Crippen LogP contribution in [0.5, 0.6) is 0 Å². The lowest BCUT2D eigenvalue weighted by Crippen LogP contribution is -2.24. The van der Waals surface area contributed by atoms with Gasteiger partial charge in [-0.15, -0.1) is 10.2 Å². The maximum Gasteiger partial charge on any atom is 0.356 e. The molecule has 0 aromatic carbocycles. The van der Waals surface area contributed by atoms with Gasteiger partial charge >= 0.3 is 5.97 Å². The molecule has 86 valence electrons. The average molecular weight is 221 g/mol. The summed E-state index contributed by atoms with van der Waals surface area (Å²) in [4.78, 5) is 12.8. The lowest BCUT2D eigenvalue weighted by molar-refractivity contribution is 0.0689. The fourth-order valence-electron chi connectivity index (χ4n) is 1.92. The van der Waals surface area contributed by atoms with Gasteiger partial charge in [-0.2, -0.15) is 0 Å². The molecule has 1 aliphatic heterocycles. The summed E-state index contributed by atoms with van der Waals surface area (Å²) in [5.41, 5.74) is 0.287. The molecule has 0 atom stereocenters. The van der Waals surface area contributed by atoms with Crippen molar-refractivity contribution < 1.29 is 9.90 Å². The zero-order valence-electron chi connectivity index (χ0n) is 9.47. The van der Waals surface area contributed by atoms with Gasteiger partial charge in [0.15, 0.2) is 11.5 Å². The number of carbonyl (C=O) groups is 1. The maximum atomic E-state index is 10.6. The van der Waals surface area contributed by atoms with Crippen molar-refractivity contribution in [3.8, 4) is 0 Å². The van der Waals surface area contributed by atoms with Crippen LogP contribution >= 0.6 is 0 Å². The highest BCUT2D eigenvalue weighted by Gasteiger charge is 2.30. The minimum atomic E-state index is -1.04. The summed E-state index contributed by atoms with van der Waals surface area (Å²) in [5, 5.41) is 16.3. The van der Waals surface area contributed by atoms with E-state index in [0.717, 1.165) is 25.3 Å². The number of aromatic nitrogens is 2. The normalized spacial score (nSPS) is 18.8. The van der Waals surface area contributed by atoms with Gasteiger partial charge in [-0.3, -0.25) is 0 Å². The van der Waals surface area contributed by atoms with Crippen LogP contribution in [-0.2, 0) is 0 Å². The minimum Gasteiger partial charge on any atom is -0.476 e. The third-order valence-electron chi connectivity index (χ3n) is 2.87. The molecule has 0 bridgehead atoms. The highest BCUT2D eigenvalue weighted by Crippen LogP contribution is 2.31. The molecule has 2 rings (SSSR count). The molecule has 0 aliphatic carbocycles. The fraction of sp³-hybridized carbons (Fsp3) is 0.545. The minimum absolute atomic E-state index is 0.0118. The Morgan fingerprint density at radius 1 is 1.44 bits per heavy atom. The number of hydrogen-bond acceptors (Lipinski definition) is 4. The molecule has 16 heavy (non-hydrogen) atoms. The molecule has 0 radical (unpaired) electrons. The Balaban J connectivity index is 2.14. The van der Waals surface area contributed by atoms with Gasteiger partial charge in [-0.1, -0.05) is 13.8 Å². The second-order valence-corrected chi connectivity index (χ2v) is 4.92. The zero-order valence-corrected chi connectivity index (χ0v) is 9.47. The smallest absolute Gasteiger partial charge is 0.356 e. The van der Waals surface area contributed by atoms with Crippen molar-refractivity contribution in [1.29, 1.82) is 0 Å². The fourth-order valence-corrected chi connectivity index (χ4v) is 1.92. The summed E-state index contributed by atoms with van der Waals surface area (Å²) in [5.74, 6) is -0.281. The Hall–Kier alpha value is -1.65. The Morgan fingerprint density at radius 2 is 2.19 bits per heavy atom. The quantitative estimate of drug-likeness (QED) is 0.817. The SMILES string of the molecule is CC1(C)CCN(c2ccc(C(=O)O)nn2)C1. The molecule has 5 nitrogen and oxygen atoms in total. The molecule has 1 aromatic heterocycles. The number of anilines is 1. The third kappa shape index (κ3) is 2.13. The van der Waals surface area contributed by atoms with Gasteiger partial charge in [0.1, 0.15) is 0 Å². The van der Waals surface area contributed by atoms with E-state index in [4.69, 9.17) is 5.11 Å². The van der Waals surface area contributed by atoms with Crippen molar-refractivity contribution in [1.82, 2.24) is 10.2 Å². The summed E-state index contributed by atoms with van der Waals surface area (Å²) in [6.07, 6.45) is 1.12. The van der Waals surface area contributed by atoms with Crippen molar-refractivity contribution in [2.75, 3.05) is 18.0 Å². The van der Waals surface area contributed by atoms with Gasteiger partial charge in [0, 0.05) is 13.1 Å². The largest absolute Gasteiger partial charge is 0.476 e. The standard InChI is InChI=1S/C11H15N3O2/c1-11(2)5-6-14(7-11)9-4-3-8(10(15)16)12-13-9/h3-4H,5-7H2,1-2H3,(H,15,16). The predicted octanol–water partition coefficient (Wildman–Crippen LogP) is 1.41. The molecule has 0 amide bonds. The molecule has 1 N–H and O–H groups in total. The van der Waals surface area contributed by atoms with Gasteiger partial charge in [0.25, 0.3) is 0 Å². The summed E-state index contributed by atoms with van der Waals surface area (Å²) < 4.78 is 0. The van der Waals surface area contributed by atoms with E-state index in [1.807, 2.05) is 0 Å². The van der Waals surface area contributed by atoms with Crippen LogP contribution in [0.15, 0.2) is 12.1 Å². The van der Waals surface area contributed by atoms with Crippen molar-refractivity contribution in [3.63, 3.8) is 0 Å². The highest BCUT2D eigenvalue weighted by atomic mass is 16.4. The Labute approximate surface area is 94.1 Å². The first-order valence-electron chi connectivity index (χ1n) is 5.30. The van der Waals surface area contributed by atoms with E-state index in [1.54, 1.807) is 6.07 Å². The van der Waals surface area contributed by atoms with Gasteiger partial charge in [-0.25, -0.2) is 4.79 Å². The van der Waals surface area contributed by atoms with Crippen LogP contribution in [0.25, 0.3) is 0 Å². The Morgan fingerprint density at radius 3 is 2.62 bits per heavy atom. The van der Waals surface area contributed by atoms with E-state index in [2.05, 4.69) is 28.9 Å². The number of carboxylic acids is 1. The van der Waals surface area contributed by atoms with Gasteiger partial charge in [0.05, 0.1) is 0 Å². The van der Waals surface area contributed by atoms with E-state index < -0.39 is 5.97 Å². The predicted molar refractivity (Wildman–Crippen MR) is 59.6 cm³/mol. The first-order chi connectivity index (χ1) is 7.48. The molecule has 0 unspecified atom stereocenters. The van der Waals surface area contributed by atoms with Crippen LogP contribution in [0, 0.1) is 5.41 Å². The van der Waals surface area contributed by atoms with Gasteiger partial charge < -0.3 is 10.0 Å². The number of nitrogens with zero attached hydrogens (tertiary/aromatic N) is 3. The van der Waals surface area contributed by atoms with Crippen molar-refractivity contribution >= 4 is 11.8 Å². The van der Waals surface area contributed by atoms with E-state index in [9.17, 15) is 4.79 Å². The molecule has 1 fully saturated rings. The van der Waals surface area contributed by atoms with Crippen molar-refractivity contribution in [3.05, 3.63) is 17.8 Å². The molecule has 1 aliphatic rings. The monoisotopic (exact) mass is 221 g/mol. The second kappa shape index (κ2) is 3.73. The van der Waals surface area contributed by atoms with E-state index in [-0.39, 0.29) is 5.69 Å². The first kappa shape index (κ1) is 10.9. The molecule has 0 saturated carbocycles. The van der Waals surface area contributed by atoms with Gasteiger partial charge in [0.2, 0.25) is 0 Å². The third-order valence-corrected chi connectivity index (χ3v) is 2.87.